The molecule has 2 amide bonds. The maximum Gasteiger partial charge on any atom is 0.272 e. The second kappa shape index (κ2) is 5.34. The third-order valence-electron chi connectivity index (χ3n) is 2.54. The fraction of sp³-hybridized carbons (Fsp3) is 0. The third-order valence-corrected chi connectivity index (χ3v) is 2.54. The van der Waals surface area contributed by atoms with E-state index in [2.05, 4.69) is 5.43 Å². The van der Waals surface area contributed by atoms with Crippen LogP contribution < -0.4 is 15.9 Å². The van der Waals surface area contributed by atoms with E-state index < -0.39 is 22.3 Å². The van der Waals surface area contributed by atoms with Crippen LogP contribution in [0.1, 0.15) is 0 Å². The molecule has 1 heterocycles. The fourth-order valence-electron chi connectivity index (χ4n) is 1.58. The van der Waals surface area contributed by atoms with Crippen LogP contribution in [-0.2, 0) is 9.59 Å². The molecular weight excluding hydrogens is 272 g/mol. The van der Waals surface area contributed by atoms with Gasteiger partial charge in [0.15, 0.2) is 11.4 Å². The summed E-state index contributed by atoms with van der Waals surface area (Å²) in [7, 11) is 0. The molecule has 0 bridgehead atoms. The van der Waals surface area contributed by atoms with Crippen LogP contribution in [0.5, 0.6) is 0 Å². The molecule has 0 spiro atoms. The number of carbonyl (C=O) groups is 2. The normalized spacial score (nSPS) is 17.5. The molecule has 0 aliphatic carbocycles. The molecule has 2 unspecified atom stereocenters. The summed E-state index contributed by atoms with van der Waals surface area (Å²) < 4.78 is 0. The Morgan fingerprint density at radius 2 is 1.65 bits per heavy atom. The van der Waals surface area contributed by atoms with Gasteiger partial charge in [-0.3, -0.25) is 15.0 Å². The topological polar surface area (TPSA) is 145 Å². The van der Waals surface area contributed by atoms with Crippen molar-refractivity contribution in [2.75, 3.05) is 5.43 Å². The molecule has 10 heteroatoms. The summed E-state index contributed by atoms with van der Waals surface area (Å²) in [4.78, 5) is 22.7. The molecule has 5 N–H and O–H groups in total. The summed E-state index contributed by atoms with van der Waals surface area (Å²) >= 11 is 0. The Hall–Kier alpha value is -2.34. The molecule has 0 saturated carbocycles. The van der Waals surface area contributed by atoms with Crippen LogP contribution in [0.25, 0.3) is 0 Å². The van der Waals surface area contributed by atoms with Crippen molar-refractivity contribution < 1.29 is 30.5 Å². The molecule has 1 aliphatic rings. The van der Waals surface area contributed by atoms with Gasteiger partial charge in [0, 0.05) is 18.2 Å². The molecule has 10 nitrogen and oxygen atoms in total. The van der Waals surface area contributed by atoms with Crippen LogP contribution >= 0.6 is 0 Å². The lowest BCUT2D eigenvalue weighted by molar-refractivity contribution is -0.996. The van der Waals surface area contributed by atoms with Crippen LogP contribution in [0.15, 0.2) is 30.4 Å². The number of quaternary nitrogens is 2. The minimum atomic E-state index is -1.39. The van der Waals surface area contributed by atoms with Crippen molar-refractivity contribution in [1.29, 1.82) is 0 Å². The number of imide groups is 1. The van der Waals surface area contributed by atoms with Crippen molar-refractivity contribution in [3.63, 3.8) is 0 Å². The summed E-state index contributed by atoms with van der Waals surface area (Å²) in [5.41, 5.74) is 1.71. The summed E-state index contributed by atoms with van der Waals surface area (Å²) in [5.74, 6) is -1.29. The first kappa shape index (κ1) is 14.1. The molecular formula is C10H10N4O6. The number of nitrogens with one attached hydrogen (secondary N) is 3. The zero-order valence-electron chi connectivity index (χ0n) is 9.86. The largest absolute Gasteiger partial charge is 0.595 e. The van der Waals surface area contributed by atoms with Crippen LogP contribution in [0, 0.1) is 10.4 Å². The number of hydrogen-bond acceptors (Lipinski definition) is 7. The van der Waals surface area contributed by atoms with Gasteiger partial charge in [0.25, 0.3) is 11.8 Å². The van der Waals surface area contributed by atoms with Gasteiger partial charge in [-0.15, -0.1) is 0 Å². The standard InChI is InChI=1S/C10H10N4O6/c15-9-3-4-10(16)12(9)11-7-2-1-6(13(17)18)5-8(7)14(19)20/h1-5,11,13-14,17,19H. The SMILES string of the molecule is O=C1C=CC(=O)N1Nc1ccc([NH+]([O-])O)cc1[NH+]([O-])O. The minimum absolute atomic E-state index is 0.0621. The predicted octanol–water partition coefficient (Wildman–Crippen LogP) is -2.25. The number of hydrazine groups is 1. The Kier molecular flexibility index (Phi) is 3.76. The summed E-state index contributed by atoms with van der Waals surface area (Å²) in [6, 6.07) is 3.27. The van der Waals surface area contributed by atoms with E-state index in [0.29, 0.717) is 5.01 Å². The predicted molar refractivity (Wildman–Crippen MR) is 62.6 cm³/mol. The van der Waals surface area contributed by atoms with E-state index in [-0.39, 0.29) is 17.1 Å². The number of rotatable bonds is 4. The van der Waals surface area contributed by atoms with Gasteiger partial charge in [-0.05, 0) is 6.07 Å². The number of anilines is 1. The second-order valence-electron chi connectivity index (χ2n) is 3.83. The average molecular weight is 282 g/mol. The molecule has 0 aromatic heterocycles. The lowest BCUT2D eigenvalue weighted by Crippen LogP contribution is -3.00. The van der Waals surface area contributed by atoms with Gasteiger partial charge in [0.05, 0.1) is 6.07 Å². The van der Waals surface area contributed by atoms with Gasteiger partial charge < -0.3 is 10.4 Å². The number of hydrogen-bond donors (Lipinski definition) is 5. The first-order valence-electron chi connectivity index (χ1n) is 5.33. The van der Waals surface area contributed by atoms with Gasteiger partial charge in [-0.1, -0.05) is 0 Å². The molecule has 2 rings (SSSR count). The third kappa shape index (κ3) is 2.65. The van der Waals surface area contributed by atoms with Crippen molar-refractivity contribution in [1.82, 2.24) is 5.01 Å². The van der Waals surface area contributed by atoms with Crippen LogP contribution in [0.2, 0.25) is 0 Å². The highest BCUT2D eigenvalue weighted by Gasteiger charge is 2.25. The van der Waals surface area contributed by atoms with Gasteiger partial charge in [-0.2, -0.15) is 15.5 Å². The number of amides is 2. The van der Waals surface area contributed by atoms with Crippen molar-refractivity contribution in [3.05, 3.63) is 40.8 Å². The van der Waals surface area contributed by atoms with E-state index in [1.54, 1.807) is 0 Å². The van der Waals surface area contributed by atoms with Crippen LogP contribution in [-0.4, -0.2) is 27.2 Å². The summed E-state index contributed by atoms with van der Waals surface area (Å²) in [5, 5.41) is 37.7. The molecule has 0 radical (unpaired) electrons. The van der Waals surface area contributed by atoms with E-state index in [1.807, 2.05) is 0 Å². The Labute approximate surface area is 111 Å². The van der Waals surface area contributed by atoms with Gasteiger partial charge in [0.2, 0.25) is 0 Å². The molecule has 1 aliphatic heterocycles. The lowest BCUT2D eigenvalue weighted by atomic mass is 10.2. The maximum absolute atomic E-state index is 11.4. The van der Waals surface area contributed by atoms with Crippen molar-refractivity contribution in [2.24, 2.45) is 0 Å². The molecule has 1 aromatic carbocycles. The Bertz CT molecular complexity index is 567. The molecule has 2 atom stereocenters. The fourth-order valence-corrected chi connectivity index (χ4v) is 1.58. The molecule has 0 saturated heterocycles. The second-order valence-corrected chi connectivity index (χ2v) is 3.83. The van der Waals surface area contributed by atoms with Gasteiger partial charge >= 0.3 is 0 Å². The number of benzene rings is 1. The smallest absolute Gasteiger partial charge is 0.272 e. The van der Waals surface area contributed by atoms with Crippen molar-refractivity contribution >= 4 is 28.9 Å². The highest BCUT2D eigenvalue weighted by molar-refractivity contribution is 6.13. The number of nitrogens with zero attached hydrogens (tertiary/aromatic N) is 1. The monoisotopic (exact) mass is 282 g/mol. The van der Waals surface area contributed by atoms with Crippen molar-refractivity contribution in [3.8, 4) is 0 Å². The van der Waals surface area contributed by atoms with Crippen LogP contribution in [0.3, 0.4) is 0 Å². The molecule has 106 valence electrons. The van der Waals surface area contributed by atoms with E-state index in [9.17, 15) is 20.0 Å². The summed E-state index contributed by atoms with van der Waals surface area (Å²) in [6.07, 6.45) is 2.06. The zero-order chi connectivity index (χ0) is 14.9. The van der Waals surface area contributed by atoms with Gasteiger partial charge in [0.1, 0.15) is 5.69 Å². The molecule has 20 heavy (non-hydrogen) atoms. The van der Waals surface area contributed by atoms with Crippen molar-refractivity contribution in [2.45, 2.75) is 0 Å². The highest BCUT2D eigenvalue weighted by atomic mass is 16.8. The Morgan fingerprint density at radius 3 is 2.15 bits per heavy atom. The highest BCUT2D eigenvalue weighted by Crippen LogP contribution is 2.22. The summed E-state index contributed by atoms with van der Waals surface area (Å²) in [6.45, 7) is 0. The zero-order valence-corrected chi connectivity index (χ0v) is 9.86. The minimum Gasteiger partial charge on any atom is -0.595 e. The Morgan fingerprint density at radius 1 is 1.05 bits per heavy atom. The molecule has 1 aromatic rings. The van der Waals surface area contributed by atoms with Crippen LogP contribution in [0.4, 0.5) is 17.1 Å². The van der Waals surface area contributed by atoms with E-state index in [0.717, 1.165) is 24.3 Å². The maximum atomic E-state index is 11.4. The first-order valence-corrected chi connectivity index (χ1v) is 5.33. The van der Waals surface area contributed by atoms with E-state index >= 15 is 0 Å². The van der Waals surface area contributed by atoms with E-state index in [1.165, 1.54) is 6.07 Å². The quantitative estimate of drug-likeness (QED) is 0.309. The Balaban J connectivity index is 2.32. The van der Waals surface area contributed by atoms with E-state index in [4.69, 9.17) is 10.4 Å². The first-order chi connectivity index (χ1) is 9.40. The van der Waals surface area contributed by atoms with Gasteiger partial charge in [-0.25, -0.2) is 10.4 Å². The molecule has 0 fully saturated rings. The average Bonchev–Trinajstić information content (AvgIpc) is 2.70. The lowest BCUT2D eigenvalue weighted by Gasteiger charge is -2.22. The number of carbonyl (C=O) groups excluding carboxylic acids is 2.